The summed E-state index contributed by atoms with van der Waals surface area (Å²) < 4.78 is 0. The Morgan fingerprint density at radius 1 is 0.812 bits per heavy atom. The summed E-state index contributed by atoms with van der Waals surface area (Å²) in [7, 11) is 0. The molecule has 16 heavy (non-hydrogen) atoms. The van der Waals surface area contributed by atoms with Crippen molar-refractivity contribution in [1.29, 1.82) is 0 Å². The lowest BCUT2D eigenvalue weighted by Crippen LogP contribution is -2.01. The molecule has 1 heterocycles. The molecular weight excluding hydrogens is 220 g/mol. The summed E-state index contributed by atoms with van der Waals surface area (Å²) in [6.07, 6.45) is 12.9. The second-order valence-corrected chi connectivity index (χ2v) is 4.92. The summed E-state index contributed by atoms with van der Waals surface area (Å²) in [4.78, 5) is 8.49. The number of fused-ring (bicyclic) bond motifs is 1. The second kappa shape index (κ2) is 6.19. The SMILES string of the molecule is Clc1ncnc2c1CCCCCCCCC2. The van der Waals surface area contributed by atoms with E-state index >= 15 is 0 Å². The molecular formula is C13H19ClN2. The van der Waals surface area contributed by atoms with Gasteiger partial charge in [0.1, 0.15) is 11.5 Å². The molecule has 0 saturated heterocycles. The van der Waals surface area contributed by atoms with Crippen molar-refractivity contribution in [2.75, 3.05) is 0 Å². The molecule has 88 valence electrons. The first-order chi connectivity index (χ1) is 7.88. The van der Waals surface area contributed by atoms with E-state index in [1.807, 2.05) is 0 Å². The van der Waals surface area contributed by atoms with Crippen LogP contribution >= 0.6 is 11.6 Å². The van der Waals surface area contributed by atoms with Gasteiger partial charge in [0.2, 0.25) is 0 Å². The fraction of sp³-hybridized carbons (Fsp3) is 0.692. The van der Waals surface area contributed by atoms with E-state index in [0.717, 1.165) is 12.8 Å². The van der Waals surface area contributed by atoms with E-state index in [1.165, 1.54) is 56.2 Å². The van der Waals surface area contributed by atoms with Gasteiger partial charge in [0.25, 0.3) is 0 Å². The molecule has 0 aliphatic heterocycles. The van der Waals surface area contributed by atoms with Crippen LogP contribution in [-0.2, 0) is 12.8 Å². The summed E-state index contributed by atoms with van der Waals surface area (Å²) in [6, 6.07) is 0. The van der Waals surface area contributed by atoms with Crippen LogP contribution in [0, 0.1) is 0 Å². The molecule has 0 radical (unpaired) electrons. The quantitative estimate of drug-likeness (QED) is 0.640. The van der Waals surface area contributed by atoms with Crippen LogP contribution in [0.25, 0.3) is 0 Å². The van der Waals surface area contributed by atoms with Crippen molar-refractivity contribution in [3.8, 4) is 0 Å². The predicted octanol–water partition coefficient (Wildman–Crippen LogP) is 3.96. The van der Waals surface area contributed by atoms with Gasteiger partial charge in [-0.15, -0.1) is 0 Å². The summed E-state index contributed by atoms with van der Waals surface area (Å²) in [5, 5.41) is 0.671. The molecule has 0 atom stereocenters. The Morgan fingerprint density at radius 2 is 1.44 bits per heavy atom. The predicted molar refractivity (Wildman–Crippen MR) is 66.8 cm³/mol. The average molecular weight is 239 g/mol. The molecule has 0 amide bonds. The minimum absolute atomic E-state index is 0.671. The van der Waals surface area contributed by atoms with Crippen molar-refractivity contribution < 1.29 is 0 Å². The number of hydrogen-bond acceptors (Lipinski definition) is 2. The van der Waals surface area contributed by atoms with E-state index in [2.05, 4.69) is 9.97 Å². The van der Waals surface area contributed by atoms with Crippen LogP contribution in [-0.4, -0.2) is 9.97 Å². The van der Waals surface area contributed by atoms with Gasteiger partial charge < -0.3 is 0 Å². The van der Waals surface area contributed by atoms with Crippen molar-refractivity contribution >= 4 is 11.6 Å². The molecule has 1 aliphatic carbocycles. The molecule has 0 bridgehead atoms. The van der Waals surface area contributed by atoms with E-state index < -0.39 is 0 Å². The Bertz CT molecular complexity index is 339. The van der Waals surface area contributed by atoms with E-state index in [-0.39, 0.29) is 0 Å². The van der Waals surface area contributed by atoms with Gasteiger partial charge >= 0.3 is 0 Å². The molecule has 1 aromatic rings. The van der Waals surface area contributed by atoms with Crippen molar-refractivity contribution in [2.45, 2.75) is 57.8 Å². The summed E-state index contributed by atoms with van der Waals surface area (Å²) in [5.41, 5.74) is 2.38. The van der Waals surface area contributed by atoms with Crippen LogP contribution < -0.4 is 0 Å². The highest BCUT2D eigenvalue weighted by molar-refractivity contribution is 6.30. The van der Waals surface area contributed by atoms with Gasteiger partial charge in [0, 0.05) is 11.3 Å². The number of aromatic nitrogens is 2. The standard InChI is InChI=1S/C13H19ClN2/c14-13-11-8-6-4-2-1-3-5-7-9-12(11)15-10-16-13/h10H,1-9H2. The van der Waals surface area contributed by atoms with Crippen LogP contribution in [0.2, 0.25) is 5.15 Å². The molecule has 2 rings (SSSR count). The third-order valence-electron chi connectivity index (χ3n) is 3.32. The van der Waals surface area contributed by atoms with Crippen molar-refractivity contribution in [3.05, 3.63) is 22.7 Å². The largest absolute Gasteiger partial charge is 0.241 e. The number of rotatable bonds is 0. The minimum atomic E-state index is 0.671. The normalized spacial score (nSPS) is 18.6. The molecule has 0 fully saturated rings. The van der Waals surface area contributed by atoms with Crippen LogP contribution in [0.1, 0.15) is 56.2 Å². The van der Waals surface area contributed by atoms with Crippen LogP contribution in [0.3, 0.4) is 0 Å². The Morgan fingerprint density at radius 3 is 2.19 bits per heavy atom. The molecule has 0 aromatic carbocycles. The monoisotopic (exact) mass is 238 g/mol. The van der Waals surface area contributed by atoms with Crippen molar-refractivity contribution in [1.82, 2.24) is 9.97 Å². The maximum absolute atomic E-state index is 6.15. The summed E-state index contributed by atoms with van der Waals surface area (Å²) in [5.74, 6) is 0. The molecule has 0 N–H and O–H groups in total. The first-order valence-corrected chi connectivity index (χ1v) is 6.74. The van der Waals surface area contributed by atoms with E-state index in [9.17, 15) is 0 Å². The molecule has 0 unspecified atom stereocenters. The second-order valence-electron chi connectivity index (χ2n) is 4.56. The summed E-state index contributed by atoms with van der Waals surface area (Å²) >= 11 is 6.15. The molecule has 0 saturated carbocycles. The lowest BCUT2D eigenvalue weighted by Gasteiger charge is -2.08. The zero-order valence-electron chi connectivity index (χ0n) is 9.71. The number of hydrogen-bond donors (Lipinski definition) is 0. The molecule has 1 aromatic heterocycles. The summed E-state index contributed by atoms with van der Waals surface area (Å²) in [6.45, 7) is 0. The van der Waals surface area contributed by atoms with Gasteiger partial charge in [-0.25, -0.2) is 9.97 Å². The molecule has 3 heteroatoms. The van der Waals surface area contributed by atoms with Crippen LogP contribution in [0.4, 0.5) is 0 Å². The van der Waals surface area contributed by atoms with Gasteiger partial charge in [-0.2, -0.15) is 0 Å². The third-order valence-corrected chi connectivity index (χ3v) is 3.65. The fourth-order valence-corrected chi connectivity index (χ4v) is 2.61. The lowest BCUT2D eigenvalue weighted by molar-refractivity contribution is 0.587. The molecule has 0 spiro atoms. The topological polar surface area (TPSA) is 25.8 Å². The maximum Gasteiger partial charge on any atom is 0.135 e. The first kappa shape index (κ1) is 11.8. The average Bonchev–Trinajstić information content (AvgIpc) is 2.34. The Hall–Kier alpha value is -0.630. The van der Waals surface area contributed by atoms with Gasteiger partial charge in [-0.05, 0) is 25.7 Å². The number of halogens is 1. The van der Waals surface area contributed by atoms with Gasteiger partial charge in [0.15, 0.2) is 0 Å². The zero-order valence-corrected chi connectivity index (χ0v) is 10.5. The zero-order chi connectivity index (χ0) is 11.2. The van der Waals surface area contributed by atoms with E-state index in [1.54, 1.807) is 6.33 Å². The highest BCUT2D eigenvalue weighted by Crippen LogP contribution is 2.22. The third kappa shape index (κ3) is 3.18. The van der Waals surface area contributed by atoms with Crippen molar-refractivity contribution in [2.24, 2.45) is 0 Å². The van der Waals surface area contributed by atoms with Crippen LogP contribution in [0.5, 0.6) is 0 Å². The Balaban J connectivity index is 2.14. The molecule has 2 nitrogen and oxygen atoms in total. The van der Waals surface area contributed by atoms with E-state index in [4.69, 9.17) is 11.6 Å². The van der Waals surface area contributed by atoms with Gasteiger partial charge in [0.05, 0.1) is 0 Å². The number of nitrogens with zero attached hydrogens (tertiary/aromatic N) is 2. The molecule has 1 aliphatic rings. The van der Waals surface area contributed by atoms with Gasteiger partial charge in [-0.3, -0.25) is 0 Å². The van der Waals surface area contributed by atoms with Crippen molar-refractivity contribution in [3.63, 3.8) is 0 Å². The maximum atomic E-state index is 6.15. The minimum Gasteiger partial charge on any atom is -0.241 e. The fourth-order valence-electron chi connectivity index (χ4n) is 2.37. The highest BCUT2D eigenvalue weighted by Gasteiger charge is 2.10. The van der Waals surface area contributed by atoms with E-state index in [0.29, 0.717) is 5.15 Å². The van der Waals surface area contributed by atoms with Crippen LogP contribution in [0.15, 0.2) is 6.33 Å². The highest BCUT2D eigenvalue weighted by atomic mass is 35.5. The first-order valence-electron chi connectivity index (χ1n) is 6.36. The smallest absolute Gasteiger partial charge is 0.135 e. The Labute approximate surface area is 102 Å². The Kier molecular flexibility index (Phi) is 4.58. The van der Waals surface area contributed by atoms with Gasteiger partial charge in [-0.1, -0.05) is 43.7 Å². The number of aryl methyl sites for hydroxylation is 1. The lowest BCUT2D eigenvalue weighted by atomic mass is 10.0.